The number of rotatable bonds is 9. The van der Waals surface area contributed by atoms with Crippen LogP contribution < -0.4 is 0 Å². The molecule has 0 amide bonds. The Hall–Kier alpha value is -2.12. The van der Waals surface area contributed by atoms with Crippen LogP contribution in [0.1, 0.15) is 46.5 Å². The Morgan fingerprint density at radius 2 is 1.52 bits per heavy atom. The molecule has 0 aromatic carbocycles. The van der Waals surface area contributed by atoms with Gasteiger partial charge in [-0.3, -0.25) is 19.2 Å². The summed E-state index contributed by atoms with van der Waals surface area (Å²) < 4.78 is 19.4. The summed E-state index contributed by atoms with van der Waals surface area (Å²) in [6.45, 7) is 4.03. The topological polar surface area (TPSA) is 105 Å². The first kappa shape index (κ1) is 20.9. The largest absolute Gasteiger partial charge is 0.469 e. The van der Waals surface area contributed by atoms with Gasteiger partial charge in [-0.15, -0.1) is 0 Å². The third kappa shape index (κ3) is 9.49. The molecule has 0 N–H and O–H groups in total. The summed E-state index contributed by atoms with van der Waals surface area (Å²) >= 11 is 0. The lowest BCUT2D eigenvalue weighted by Crippen LogP contribution is -2.36. The molecule has 0 heterocycles. The molecule has 8 nitrogen and oxygen atoms in total. The average molecular weight is 332 g/mol. The van der Waals surface area contributed by atoms with E-state index in [1.165, 1.54) is 28.1 Å². The Morgan fingerprint density at radius 3 is 1.96 bits per heavy atom. The quantitative estimate of drug-likeness (QED) is 0.457. The van der Waals surface area contributed by atoms with Crippen molar-refractivity contribution in [1.29, 1.82) is 0 Å². The summed E-state index contributed by atoms with van der Waals surface area (Å²) in [4.78, 5) is 45.2. The van der Waals surface area contributed by atoms with Crippen LogP contribution in [0.5, 0.6) is 0 Å². The average Bonchev–Trinajstić information content (AvgIpc) is 2.43. The van der Waals surface area contributed by atoms with Gasteiger partial charge in [0, 0.05) is 13.8 Å². The number of methoxy groups -OCH3 is 2. The van der Waals surface area contributed by atoms with Crippen molar-refractivity contribution in [2.75, 3.05) is 14.2 Å². The van der Waals surface area contributed by atoms with Crippen LogP contribution in [0.3, 0.4) is 0 Å². The highest BCUT2D eigenvalue weighted by Crippen LogP contribution is 2.25. The molecule has 0 bridgehead atoms. The first-order valence-electron chi connectivity index (χ1n) is 7.12. The second-order valence-electron chi connectivity index (χ2n) is 5.35. The minimum atomic E-state index is -1.12. The van der Waals surface area contributed by atoms with Gasteiger partial charge in [0.05, 0.1) is 27.1 Å². The normalized spacial score (nSPS) is 14.1. The zero-order valence-corrected chi connectivity index (χ0v) is 14.2. The van der Waals surface area contributed by atoms with E-state index in [-0.39, 0.29) is 25.7 Å². The van der Waals surface area contributed by atoms with E-state index in [4.69, 9.17) is 9.47 Å². The number of ether oxygens (including phenoxy) is 4. The monoisotopic (exact) mass is 332 g/mol. The molecule has 0 aliphatic heterocycles. The molecule has 0 aliphatic carbocycles. The highest BCUT2D eigenvalue weighted by molar-refractivity contribution is 5.72. The van der Waals surface area contributed by atoms with E-state index in [1.807, 2.05) is 0 Å². The fourth-order valence-corrected chi connectivity index (χ4v) is 2.07. The van der Waals surface area contributed by atoms with E-state index in [2.05, 4.69) is 9.47 Å². The van der Waals surface area contributed by atoms with Crippen LogP contribution in [0.15, 0.2) is 0 Å². The van der Waals surface area contributed by atoms with Crippen LogP contribution in [-0.2, 0) is 38.1 Å². The van der Waals surface area contributed by atoms with E-state index in [9.17, 15) is 19.2 Å². The van der Waals surface area contributed by atoms with Gasteiger partial charge in [-0.25, -0.2) is 0 Å². The molecule has 132 valence electrons. The lowest BCUT2D eigenvalue weighted by atomic mass is 9.93. The molecule has 23 heavy (non-hydrogen) atoms. The maximum Gasteiger partial charge on any atom is 0.309 e. The molecule has 1 unspecified atom stereocenters. The van der Waals surface area contributed by atoms with Gasteiger partial charge in [0.25, 0.3) is 0 Å². The molecular weight excluding hydrogens is 308 g/mol. The summed E-state index contributed by atoms with van der Waals surface area (Å²) in [5.74, 6) is -2.15. The molecule has 0 spiro atoms. The predicted molar refractivity (Wildman–Crippen MR) is 78.2 cm³/mol. The molecule has 2 atom stereocenters. The molecule has 0 aromatic heterocycles. The Balaban J connectivity index is 4.92. The molecular formula is C15H24O8. The van der Waals surface area contributed by atoms with Gasteiger partial charge in [-0.1, -0.05) is 0 Å². The van der Waals surface area contributed by atoms with Gasteiger partial charge >= 0.3 is 23.9 Å². The number of carbonyl (C=O) groups excluding carboxylic acids is 4. The minimum Gasteiger partial charge on any atom is -0.469 e. The summed E-state index contributed by atoms with van der Waals surface area (Å²) in [7, 11) is 2.46. The second kappa shape index (κ2) is 9.81. The highest BCUT2D eigenvalue weighted by atomic mass is 16.6. The Bertz CT molecular complexity index is 445. The SMILES string of the molecule is COC(=O)CC(CC[C@@](C)(CC(=O)OC)OC(C)=O)OC(C)=O. The van der Waals surface area contributed by atoms with Crippen LogP contribution in [-0.4, -0.2) is 49.8 Å². The van der Waals surface area contributed by atoms with E-state index < -0.39 is 35.6 Å². The Kier molecular flexibility index (Phi) is 8.90. The number of esters is 4. The van der Waals surface area contributed by atoms with Gasteiger partial charge < -0.3 is 18.9 Å². The first-order valence-corrected chi connectivity index (χ1v) is 7.12. The molecule has 0 rings (SSSR count). The molecule has 0 aliphatic rings. The number of carbonyl (C=O) groups is 4. The molecule has 0 saturated heterocycles. The standard InChI is InChI=1S/C15H24O8/c1-10(16)22-12(8-13(18)20-4)6-7-15(3,23-11(2)17)9-14(19)21-5/h12H,6-9H2,1-5H3/t12?,15-/m0/s1. The summed E-state index contributed by atoms with van der Waals surface area (Å²) in [5, 5.41) is 0. The van der Waals surface area contributed by atoms with Crippen molar-refractivity contribution >= 4 is 23.9 Å². The number of hydrogen-bond donors (Lipinski definition) is 0. The van der Waals surface area contributed by atoms with Crippen LogP contribution in [0.2, 0.25) is 0 Å². The fraction of sp³-hybridized carbons (Fsp3) is 0.733. The summed E-state index contributed by atoms with van der Waals surface area (Å²) in [5.41, 5.74) is -1.12. The number of hydrogen-bond acceptors (Lipinski definition) is 8. The predicted octanol–water partition coefficient (Wildman–Crippen LogP) is 1.15. The molecule has 8 heteroatoms. The van der Waals surface area contributed by atoms with Crippen LogP contribution in [0.4, 0.5) is 0 Å². The van der Waals surface area contributed by atoms with Crippen molar-refractivity contribution in [3.63, 3.8) is 0 Å². The van der Waals surface area contributed by atoms with Gasteiger partial charge in [-0.05, 0) is 19.8 Å². The minimum absolute atomic E-state index is 0.121. The van der Waals surface area contributed by atoms with E-state index in [1.54, 1.807) is 6.92 Å². The zero-order valence-electron chi connectivity index (χ0n) is 14.2. The van der Waals surface area contributed by atoms with Crippen molar-refractivity contribution in [3.05, 3.63) is 0 Å². The van der Waals surface area contributed by atoms with Gasteiger partial charge in [-0.2, -0.15) is 0 Å². The van der Waals surface area contributed by atoms with Gasteiger partial charge in [0.2, 0.25) is 0 Å². The lowest BCUT2D eigenvalue weighted by molar-refractivity contribution is -0.166. The maximum atomic E-state index is 11.5. The maximum absolute atomic E-state index is 11.5. The van der Waals surface area contributed by atoms with Crippen molar-refractivity contribution in [2.45, 2.75) is 58.2 Å². The fourth-order valence-electron chi connectivity index (χ4n) is 2.07. The van der Waals surface area contributed by atoms with Crippen LogP contribution >= 0.6 is 0 Å². The van der Waals surface area contributed by atoms with E-state index >= 15 is 0 Å². The molecule has 0 saturated carbocycles. The highest BCUT2D eigenvalue weighted by Gasteiger charge is 2.33. The third-order valence-corrected chi connectivity index (χ3v) is 3.09. The second-order valence-corrected chi connectivity index (χ2v) is 5.35. The van der Waals surface area contributed by atoms with Crippen molar-refractivity contribution < 1.29 is 38.1 Å². The summed E-state index contributed by atoms with van der Waals surface area (Å²) in [6, 6.07) is 0. The van der Waals surface area contributed by atoms with Crippen LogP contribution in [0, 0.1) is 0 Å². The lowest BCUT2D eigenvalue weighted by Gasteiger charge is -2.29. The van der Waals surface area contributed by atoms with Gasteiger partial charge in [0.15, 0.2) is 0 Å². The smallest absolute Gasteiger partial charge is 0.309 e. The Labute approximate surface area is 135 Å². The van der Waals surface area contributed by atoms with Crippen LogP contribution in [0.25, 0.3) is 0 Å². The van der Waals surface area contributed by atoms with Crippen molar-refractivity contribution in [2.24, 2.45) is 0 Å². The first-order chi connectivity index (χ1) is 10.6. The van der Waals surface area contributed by atoms with E-state index in [0.29, 0.717) is 0 Å². The van der Waals surface area contributed by atoms with Crippen molar-refractivity contribution in [3.8, 4) is 0 Å². The molecule has 0 fully saturated rings. The van der Waals surface area contributed by atoms with E-state index in [0.717, 1.165) is 0 Å². The van der Waals surface area contributed by atoms with Crippen molar-refractivity contribution in [1.82, 2.24) is 0 Å². The molecule has 0 aromatic rings. The third-order valence-electron chi connectivity index (χ3n) is 3.09. The zero-order chi connectivity index (χ0) is 18.0. The molecule has 0 radical (unpaired) electrons. The van der Waals surface area contributed by atoms with Gasteiger partial charge in [0.1, 0.15) is 11.7 Å². The summed E-state index contributed by atoms with van der Waals surface area (Å²) in [6.07, 6.45) is -0.572. The Morgan fingerprint density at radius 1 is 0.957 bits per heavy atom.